The normalized spacial score (nSPS) is 13.1. The van der Waals surface area contributed by atoms with E-state index in [2.05, 4.69) is 65.1 Å². The molecule has 2 heteroatoms. The zero-order chi connectivity index (χ0) is 12.7. The van der Waals surface area contributed by atoms with Crippen molar-refractivity contribution in [1.82, 2.24) is 0 Å². The Morgan fingerprint density at radius 2 is 0.875 bits per heavy atom. The molecular formula is C14H30S2. The van der Waals surface area contributed by atoms with Crippen LogP contribution in [0.4, 0.5) is 0 Å². The number of hydrogen-bond donors (Lipinski definition) is 0. The lowest BCUT2D eigenvalue weighted by Crippen LogP contribution is -2.08. The van der Waals surface area contributed by atoms with Gasteiger partial charge in [0.2, 0.25) is 0 Å². The Hall–Kier alpha value is 0.700. The van der Waals surface area contributed by atoms with Crippen molar-refractivity contribution in [2.45, 2.75) is 76.7 Å². The summed E-state index contributed by atoms with van der Waals surface area (Å²) >= 11 is 4.19. The maximum absolute atomic E-state index is 2.30. The molecule has 0 aromatic rings. The fourth-order valence-corrected chi connectivity index (χ4v) is 3.24. The maximum Gasteiger partial charge on any atom is 0.00750 e. The second kappa shape index (κ2) is 7.92. The highest BCUT2D eigenvalue weighted by Gasteiger charge is 2.10. The van der Waals surface area contributed by atoms with Crippen LogP contribution in [0, 0.1) is 0 Å². The summed E-state index contributed by atoms with van der Waals surface area (Å²) in [4.78, 5) is 0. The Morgan fingerprint density at radius 1 is 0.562 bits per heavy atom. The average Bonchev–Trinajstić information content (AvgIpc) is 2.06. The monoisotopic (exact) mass is 262 g/mol. The summed E-state index contributed by atoms with van der Waals surface area (Å²) in [6.07, 6.45) is 5.60. The first kappa shape index (κ1) is 16.7. The van der Waals surface area contributed by atoms with E-state index in [4.69, 9.17) is 0 Å². The zero-order valence-electron chi connectivity index (χ0n) is 12.1. The second-order valence-electron chi connectivity index (χ2n) is 6.34. The molecule has 0 heterocycles. The van der Waals surface area contributed by atoms with Crippen molar-refractivity contribution in [1.29, 1.82) is 0 Å². The molecule has 0 bridgehead atoms. The van der Waals surface area contributed by atoms with Crippen molar-refractivity contribution in [2.24, 2.45) is 0 Å². The SMILES string of the molecule is CC(C)(C)SCCCCCCSC(C)(C)C. The van der Waals surface area contributed by atoms with Gasteiger partial charge in [-0.25, -0.2) is 0 Å². The largest absolute Gasteiger partial charge is 0.156 e. The summed E-state index contributed by atoms with van der Waals surface area (Å²) in [5, 5.41) is 0. The predicted octanol–water partition coefficient (Wildman–Crippen LogP) is 5.61. The zero-order valence-corrected chi connectivity index (χ0v) is 13.7. The van der Waals surface area contributed by atoms with E-state index in [0.717, 1.165) is 0 Å². The first-order chi connectivity index (χ1) is 7.21. The standard InChI is InChI=1S/C14H30S2/c1-13(2,3)15-11-9-7-8-10-12-16-14(4,5)6/h7-12H2,1-6H3. The molecule has 0 aromatic heterocycles. The van der Waals surface area contributed by atoms with Crippen molar-refractivity contribution in [3.8, 4) is 0 Å². The molecule has 0 N–H and O–H groups in total. The molecule has 0 aliphatic heterocycles. The van der Waals surface area contributed by atoms with Crippen LogP contribution in [-0.2, 0) is 0 Å². The summed E-state index contributed by atoms with van der Waals surface area (Å²) in [6.45, 7) is 13.8. The van der Waals surface area contributed by atoms with Gasteiger partial charge >= 0.3 is 0 Å². The fraction of sp³-hybridized carbons (Fsp3) is 1.00. The van der Waals surface area contributed by atoms with Crippen LogP contribution in [0.2, 0.25) is 0 Å². The highest BCUT2D eigenvalue weighted by Crippen LogP contribution is 2.26. The summed E-state index contributed by atoms with van der Waals surface area (Å²) in [7, 11) is 0. The van der Waals surface area contributed by atoms with E-state index >= 15 is 0 Å². The van der Waals surface area contributed by atoms with Crippen LogP contribution in [0.5, 0.6) is 0 Å². The van der Waals surface area contributed by atoms with Crippen LogP contribution in [-0.4, -0.2) is 21.0 Å². The van der Waals surface area contributed by atoms with E-state index in [1.807, 2.05) is 0 Å². The van der Waals surface area contributed by atoms with Crippen molar-refractivity contribution >= 4 is 23.5 Å². The topological polar surface area (TPSA) is 0 Å². The molecule has 0 unspecified atom stereocenters. The lowest BCUT2D eigenvalue weighted by atomic mass is 10.2. The van der Waals surface area contributed by atoms with E-state index in [0.29, 0.717) is 9.49 Å². The highest BCUT2D eigenvalue weighted by molar-refractivity contribution is 8.00. The molecule has 0 aromatic carbocycles. The molecule has 0 saturated heterocycles. The number of hydrogen-bond acceptors (Lipinski definition) is 2. The molecule has 0 atom stereocenters. The Labute approximate surface area is 112 Å². The minimum Gasteiger partial charge on any atom is -0.156 e. The molecule has 0 rings (SSSR count). The molecule has 0 saturated carbocycles. The molecule has 0 radical (unpaired) electrons. The maximum atomic E-state index is 2.30. The molecule has 0 spiro atoms. The number of unbranched alkanes of at least 4 members (excludes halogenated alkanes) is 3. The summed E-state index contributed by atoms with van der Waals surface area (Å²) < 4.78 is 0.893. The summed E-state index contributed by atoms with van der Waals surface area (Å²) in [5.74, 6) is 2.66. The quantitative estimate of drug-likeness (QED) is 0.547. The number of thioether (sulfide) groups is 2. The second-order valence-corrected chi connectivity index (χ2v) is 10.2. The van der Waals surface area contributed by atoms with Crippen LogP contribution in [0.3, 0.4) is 0 Å². The Balaban J connectivity index is 3.17. The van der Waals surface area contributed by atoms with Gasteiger partial charge in [-0.05, 0) is 24.3 Å². The third kappa shape index (κ3) is 14.7. The van der Waals surface area contributed by atoms with Gasteiger partial charge < -0.3 is 0 Å². The smallest absolute Gasteiger partial charge is 0.00750 e. The lowest BCUT2D eigenvalue weighted by molar-refractivity contribution is 0.703. The fourth-order valence-electron chi connectivity index (χ4n) is 1.31. The van der Waals surface area contributed by atoms with Gasteiger partial charge in [-0.15, -0.1) is 0 Å². The van der Waals surface area contributed by atoms with Crippen LogP contribution in [0.1, 0.15) is 67.2 Å². The predicted molar refractivity (Wildman–Crippen MR) is 82.9 cm³/mol. The highest BCUT2D eigenvalue weighted by atomic mass is 32.2. The minimum absolute atomic E-state index is 0.447. The van der Waals surface area contributed by atoms with Gasteiger partial charge in [0.1, 0.15) is 0 Å². The van der Waals surface area contributed by atoms with E-state index in [1.54, 1.807) is 0 Å². The van der Waals surface area contributed by atoms with E-state index in [9.17, 15) is 0 Å². The van der Waals surface area contributed by atoms with Gasteiger partial charge in [-0.2, -0.15) is 23.5 Å². The van der Waals surface area contributed by atoms with Gasteiger partial charge in [0.25, 0.3) is 0 Å². The number of rotatable bonds is 7. The van der Waals surface area contributed by atoms with Crippen molar-refractivity contribution in [3.63, 3.8) is 0 Å². The molecular weight excluding hydrogens is 232 g/mol. The first-order valence-electron chi connectivity index (χ1n) is 6.49. The molecule has 0 amide bonds. The molecule has 98 valence electrons. The molecule has 0 nitrogen and oxygen atoms in total. The van der Waals surface area contributed by atoms with Crippen LogP contribution >= 0.6 is 23.5 Å². The average molecular weight is 263 g/mol. The van der Waals surface area contributed by atoms with Crippen molar-refractivity contribution in [2.75, 3.05) is 11.5 Å². The van der Waals surface area contributed by atoms with Gasteiger partial charge in [0, 0.05) is 9.49 Å². The van der Waals surface area contributed by atoms with Crippen molar-refractivity contribution < 1.29 is 0 Å². The molecule has 0 fully saturated rings. The Morgan fingerprint density at radius 3 is 1.12 bits per heavy atom. The minimum atomic E-state index is 0.447. The van der Waals surface area contributed by atoms with Crippen molar-refractivity contribution in [3.05, 3.63) is 0 Å². The van der Waals surface area contributed by atoms with Crippen LogP contribution in [0.25, 0.3) is 0 Å². The van der Waals surface area contributed by atoms with Crippen LogP contribution < -0.4 is 0 Å². The van der Waals surface area contributed by atoms with E-state index in [-0.39, 0.29) is 0 Å². The van der Waals surface area contributed by atoms with Gasteiger partial charge in [0.05, 0.1) is 0 Å². The van der Waals surface area contributed by atoms with Gasteiger partial charge in [0.15, 0.2) is 0 Å². The third-order valence-corrected chi connectivity index (χ3v) is 4.83. The van der Waals surface area contributed by atoms with Gasteiger partial charge in [-0.3, -0.25) is 0 Å². The van der Waals surface area contributed by atoms with Gasteiger partial charge in [-0.1, -0.05) is 54.4 Å². The van der Waals surface area contributed by atoms with E-state index < -0.39 is 0 Å². The van der Waals surface area contributed by atoms with E-state index in [1.165, 1.54) is 37.2 Å². The van der Waals surface area contributed by atoms with Crippen LogP contribution in [0.15, 0.2) is 0 Å². The third-order valence-electron chi connectivity index (χ3n) is 2.11. The molecule has 0 aliphatic rings. The first-order valence-corrected chi connectivity index (χ1v) is 8.46. The lowest BCUT2D eigenvalue weighted by Gasteiger charge is -2.18. The Bertz CT molecular complexity index is 143. The molecule has 0 aliphatic carbocycles. The summed E-state index contributed by atoms with van der Waals surface area (Å²) in [6, 6.07) is 0. The summed E-state index contributed by atoms with van der Waals surface area (Å²) in [5.41, 5.74) is 0. The Kier molecular flexibility index (Phi) is 8.26. The molecule has 16 heavy (non-hydrogen) atoms.